The third-order valence-electron chi connectivity index (χ3n) is 2.37. The molecular formula is C12H19N3O2. The third kappa shape index (κ3) is 3.94. The summed E-state index contributed by atoms with van der Waals surface area (Å²) in [4.78, 5) is 14.7. The van der Waals surface area contributed by atoms with Crippen molar-refractivity contribution in [3.05, 3.63) is 17.8 Å². The number of nitrogens with one attached hydrogen (secondary N) is 1. The number of pyridine rings is 1. The predicted octanol–water partition coefficient (Wildman–Crippen LogP) is 2.21. The minimum absolute atomic E-state index is 0.101. The lowest BCUT2D eigenvalue weighted by Crippen LogP contribution is -2.19. The van der Waals surface area contributed by atoms with E-state index >= 15 is 0 Å². The van der Waals surface area contributed by atoms with E-state index < -0.39 is 5.97 Å². The summed E-state index contributed by atoms with van der Waals surface area (Å²) in [7, 11) is 0. The van der Waals surface area contributed by atoms with Crippen molar-refractivity contribution in [3.8, 4) is 0 Å². The molecule has 1 aromatic heterocycles. The van der Waals surface area contributed by atoms with E-state index in [-0.39, 0.29) is 11.6 Å². The van der Waals surface area contributed by atoms with E-state index in [0.717, 1.165) is 6.42 Å². The fourth-order valence-electron chi connectivity index (χ4n) is 1.72. The first kappa shape index (κ1) is 13.3. The summed E-state index contributed by atoms with van der Waals surface area (Å²) >= 11 is 0. The first-order valence-electron chi connectivity index (χ1n) is 5.65. The van der Waals surface area contributed by atoms with Crippen molar-refractivity contribution in [2.75, 3.05) is 11.1 Å². The molecule has 1 rings (SSSR count). The summed E-state index contributed by atoms with van der Waals surface area (Å²) < 4.78 is 0. The Labute approximate surface area is 101 Å². The Morgan fingerprint density at radius 2 is 2.18 bits per heavy atom. The van der Waals surface area contributed by atoms with Gasteiger partial charge in [-0.25, -0.2) is 9.78 Å². The summed E-state index contributed by atoms with van der Waals surface area (Å²) in [6.07, 6.45) is 2.31. The van der Waals surface area contributed by atoms with Gasteiger partial charge in [0.15, 0.2) is 0 Å². The molecule has 0 aliphatic heterocycles. The SMILES string of the molecule is CC(C)CC(C)Nc1ncc(C(=O)O)cc1N. The molecule has 0 saturated heterocycles. The van der Waals surface area contributed by atoms with Crippen LogP contribution in [-0.4, -0.2) is 22.1 Å². The van der Waals surface area contributed by atoms with E-state index in [1.807, 2.05) is 6.92 Å². The first-order chi connectivity index (χ1) is 7.90. The smallest absolute Gasteiger partial charge is 0.337 e. The molecule has 0 fully saturated rings. The molecule has 0 bridgehead atoms. The number of carboxylic acid groups (broad SMARTS) is 1. The van der Waals surface area contributed by atoms with Crippen LogP contribution < -0.4 is 11.1 Å². The van der Waals surface area contributed by atoms with Crippen molar-refractivity contribution in [2.24, 2.45) is 5.92 Å². The van der Waals surface area contributed by atoms with Gasteiger partial charge in [-0.3, -0.25) is 0 Å². The van der Waals surface area contributed by atoms with Crippen molar-refractivity contribution in [1.82, 2.24) is 4.98 Å². The molecule has 5 nitrogen and oxygen atoms in total. The van der Waals surface area contributed by atoms with Crippen LogP contribution in [0, 0.1) is 5.92 Å². The van der Waals surface area contributed by atoms with Crippen molar-refractivity contribution in [3.63, 3.8) is 0 Å². The average Bonchev–Trinajstić information content (AvgIpc) is 2.19. The number of nitrogens with two attached hydrogens (primary N) is 1. The minimum atomic E-state index is -1.02. The molecule has 1 heterocycles. The van der Waals surface area contributed by atoms with Crippen LogP contribution >= 0.6 is 0 Å². The predicted molar refractivity (Wildman–Crippen MR) is 68.1 cm³/mol. The molecule has 17 heavy (non-hydrogen) atoms. The number of nitrogens with zero attached hydrogens (tertiary/aromatic N) is 1. The molecule has 0 aliphatic carbocycles. The lowest BCUT2D eigenvalue weighted by molar-refractivity contribution is 0.0696. The van der Waals surface area contributed by atoms with Crippen molar-refractivity contribution < 1.29 is 9.90 Å². The van der Waals surface area contributed by atoms with Gasteiger partial charge in [-0.15, -0.1) is 0 Å². The number of carbonyl (C=O) groups is 1. The highest BCUT2D eigenvalue weighted by Gasteiger charge is 2.10. The number of aromatic nitrogens is 1. The molecule has 0 amide bonds. The largest absolute Gasteiger partial charge is 0.478 e. The molecule has 94 valence electrons. The van der Waals surface area contributed by atoms with Crippen LogP contribution in [0.25, 0.3) is 0 Å². The Morgan fingerprint density at radius 1 is 1.53 bits per heavy atom. The molecule has 0 aromatic carbocycles. The maximum Gasteiger partial charge on any atom is 0.337 e. The van der Waals surface area contributed by atoms with Gasteiger partial charge in [0.25, 0.3) is 0 Å². The highest BCUT2D eigenvalue weighted by molar-refractivity contribution is 5.89. The number of aromatic carboxylic acids is 1. The standard InChI is InChI=1S/C12H19N3O2/c1-7(2)4-8(3)15-11-10(13)5-9(6-14-11)12(16)17/h5-8H,4,13H2,1-3H3,(H,14,15)(H,16,17). The lowest BCUT2D eigenvalue weighted by atomic mass is 10.1. The van der Waals surface area contributed by atoms with E-state index in [4.69, 9.17) is 10.8 Å². The van der Waals surface area contributed by atoms with E-state index in [9.17, 15) is 4.79 Å². The van der Waals surface area contributed by atoms with Gasteiger partial charge in [0.1, 0.15) is 5.82 Å². The Bertz CT molecular complexity index is 405. The molecule has 4 N–H and O–H groups in total. The fraction of sp³-hybridized carbons (Fsp3) is 0.500. The van der Waals surface area contributed by atoms with Gasteiger partial charge in [0.2, 0.25) is 0 Å². The van der Waals surface area contributed by atoms with Gasteiger partial charge < -0.3 is 16.2 Å². The molecule has 5 heteroatoms. The highest BCUT2D eigenvalue weighted by atomic mass is 16.4. The molecule has 0 saturated carbocycles. The van der Waals surface area contributed by atoms with Crippen molar-refractivity contribution >= 4 is 17.5 Å². The number of hydrogen-bond donors (Lipinski definition) is 3. The van der Waals surface area contributed by atoms with E-state index in [0.29, 0.717) is 17.4 Å². The van der Waals surface area contributed by atoms with E-state index in [1.54, 1.807) is 0 Å². The maximum atomic E-state index is 10.7. The zero-order valence-electron chi connectivity index (χ0n) is 10.4. The quantitative estimate of drug-likeness (QED) is 0.730. The van der Waals surface area contributed by atoms with Crippen LogP contribution in [0.2, 0.25) is 0 Å². The molecule has 0 aliphatic rings. The number of hydrogen-bond acceptors (Lipinski definition) is 4. The maximum absolute atomic E-state index is 10.7. The second kappa shape index (κ2) is 5.52. The van der Waals surface area contributed by atoms with Crippen LogP contribution in [0.15, 0.2) is 12.3 Å². The van der Waals surface area contributed by atoms with Gasteiger partial charge in [-0.05, 0) is 25.3 Å². The van der Waals surface area contributed by atoms with Gasteiger partial charge >= 0.3 is 5.97 Å². The second-order valence-corrected chi connectivity index (χ2v) is 4.64. The van der Waals surface area contributed by atoms with Gasteiger partial charge in [0, 0.05) is 12.2 Å². The van der Waals surface area contributed by atoms with Gasteiger partial charge in [-0.2, -0.15) is 0 Å². The van der Waals surface area contributed by atoms with Crippen LogP contribution in [-0.2, 0) is 0 Å². The molecule has 0 radical (unpaired) electrons. The Kier molecular flexibility index (Phi) is 4.31. The van der Waals surface area contributed by atoms with Crippen LogP contribution in [0.1, 0.15) is 37.6 Å². The summed E-state index contributed by atoms with van der Waals surface area (Å²) in [6, 6.07) is 1.67. The molecule has 1 atom stereocenters. The van der Waals surface area contributed by atoms with Crippen molar-refractivity contribution in [2.45, 2.75) is 33.2 Å². The summed E-state index contributed by atoms with van der Waals surface area (Å²) in [5.41, 5.74) is 6.21. The Morgan fingerprint density at radius 3 is 2.65 bits per heavy atom. The number of anilines is 2. The minimum Gasteiger partial charge on any atom is -0.478 e. The Hall–Kier alpha value is -1.78. The lowest BCUT2D eigenvalue weighted by Gasteiger charge is -2.17. The monoisotopic (exact) mass is 237 g/mol. The van der Waals surface area contributed by atoms with Gasteiger partial charge in [0.05, 0.1) is 11.3 Å². The molecule has 1 aromatic rings. The first-order valence-corrected chi connectivity index (χ1v) is 5.65. The fourth-order valence-corrected chi connectivity index (χ4v) is 1.72. The number of carboxylic acids is 1. The summed E-state index contributed by atoms with van der Waals surface area (Å²) in [6.45, 7) is 6.33. The summed E-state index contributed by atoms with van der Waals surface area (Å²) in [5, 5.41) is 12.0. The van der Waals surface area contributed by atoms with E-state index in [2.05, 4.69) is 24.1 Å². The third-order valence-corrected chi connectivity index (χ3v) is 2.37. The topological polar surface area (TPSA) is 88.2 Å². The molecule has 0 spiro atoms. The van der Waals surface area contributed by atoms with E-state index in [1.165, 1.54) is 12.3 Å². The highest BCUT2D eigenvalue weighted by Crippen LogP contribution is 2.19. The van der Waals surface area contributed by atoms with Crippen LogP contribution in [0.4, 0.5) is 11.5 Å². The summed E-state index contributed by atoms with van der Waals surface area (Å²) in [5.74, 6) is 0.103. The normalized spacial score (nSPS) is 12.5. The second-order valence-electron chi connectivity index (χ2n) is 4.64. The molecular weight excluding hydrogens is 218 g/mol. The number of nitrogen functional groups attached to an aromatic ring is 1. The van der Waals surface area contributed by atoms with Crippen molar-refractivity contribution in [1.29, 1.82) is 0 Å². The van der Waals surface area contributed by atoms with Crippen LogP contribution in [0.5, 0.6) is 0 Å². The molecule has 1 unspecified atom stereocenters. The zero-order chi connectivity index (χ0) is 13.0. The van der Waals surface area contributed by atoms with Crippen LogP contribution in [0.3, 0.4) is 0 Å². The zero-order valence-corrected chi connectivity index (χ0v) is 10.4. The average molecular weight is 237 g/mol. The Balaban J connectivity index is 2.75. The number of rotatable bonds is 5. The van der Waals surface area contributed by atoms with Gasteiger partial charge in [-0.1, -0.05) is 13.8 Å².